The van der Waals surface area contributed by atoms with Gasteiger partial charge >= 0.3 is 0 Å². The lowest BCUT2D eigenvalue weighted by molar-refractivity contribution is 0.795. The van der Waals surface area contributed by atoms with E-state index in [0.717, 1.165) is 39.5 Å². The van der Waals surface area contributed by atoms with Crippen molar-refractivity contribution in [3.8, 4) is 44.5 Å². The van der Waals surface area contributed by atoms with Gasteiger partial charge in [-0.1, -0.05) is 212 Å². The average molecular weight is 903 g/mol. The number of anilines is 6. The Bertz CT molecular complexity index is 3970. The first-order valence-electron chi connectivity index (χ1n) is 24.6. The van der Waals surface area contributed by atoms with Gasteiger partial charge in [-0.2, -0.15) is 0 Å². The normalized spacial score (nSPS) is 14.0. The largest absolute Gasteiger partial charge is 0.310 e. The van der Waals surface area contributed by atoms with Gasteiger partial charge in [0, 0.05) is 33.7 Å². The highest BCUT2D eigenvalue weighted by Crippen LogP contribution is 2.65. The molecule has 0 bridgehead atoms. The van der Waals surface area contributed by atoms with Crippen LogP contribution in [0.3, 0.4) is 0 Å². The Kier molecular flexibility index (Phi) is 9.47. The zero-order valence-electron chi connectivity index (χ0n) is 39.0. The summed E-state index contributed by atoms with van der Waals surface area (Å²) in [5, 5.41) is 4.83. The lowest BCUT2D eigenvalue weighted by Gasteiger charge is -2.33. The first-order chi connectivity index (χ1) is 35.2. The van der Waals surface area contributed by atoms with Gasteiger partial charge in [-0.05, 0) is 144 Å². The number of nitrogens with zero attached hydrogens (tertiary/aromatic N) is 2. The molecule has 0 N–H and O–H groups in total. The highest BCUT2D eigenvalue weighted by atomic mass is 15.2. The molecule has 0 aliphatic heterocycles. The van der Waals surface area contributed by atoms with E-state index in [9.17, 15) is 0 Å². The number of fused-ring (bicyclic) bond motifs is 12. The molecule has 71 heavy (non-hydrogen) atoms. The van der Waals surface area contributed by atoms with Crippen LogP contribution in [0.1, 0.15) is 22.3 Å². The summed E-state index contributed by atoms with van der Waals surface area (Å²) in [6.07, 6.45) is 0. The van der Waals surface area contributed by atoms with Gasteiger partial charge in [0.05, 0.1) is 16.8 Å². The van der Waals surface area contributed by atoms with Crippen LogP contribution in [0, 0.1) is 0 Å². The molecule has 0 radical (unpaired) electrons. The minimum atomic E-state index is -0.523. The summed E-state index contributed by atoms with van der Waals surface area (Å²) in [4.78, 5) is 4.94. The van der Waals surface area contributed by atoms with Gasteiger partial charge in [-0.3, -0.25) is 0 Å². The Morgan fingerprint density at radius 2 is 0.704 bits per heavy atom. The maximum absolute atomic E-state index is 2.52. The predicted molar refractivity (Wildman–Crippen MR) is 298 cm³/mol. The van der Waals surface area contributed by atoms with Crippen molar-refractivity contribution in [2.24, 2.45) is 0 Å². The second kappa shape index (κ2) is 16.5. The van der Waals surface area contributed by atoms with Crippen LogP contribution in [0.5, 0.6) is 0 Å². The molecule has 12 aromatic rings. The van der Waals surface area contributed by atoms with Crippen molar-refractivity contribution in [1.29, 1.82) is 0 Å². The predicted octanol–water partition coefficient (Wildman–Crippen LogP) is 18.6. The monoisotopic (exact) mass is 902 g/mol. The molecule has 332 valence electrons. The average Bonchev–Trinajstić information content (AvgIpc) is 3.92. The molecule has 0 aromatic heterocycles. The van der Waals surface area contributed by atoms with Gasteiger partial charge in [0.2, 0.25) is 0 Å². The Hall–Kier alpha value is -9.24. The van der Waals surface area contributed by atoms with Crippen LogP contribution in [0.4, 0.5) is 34.1 Å². The van der Waals surface area contributed by atoms with E-state index >= 15 is 0 Å². The third-order valence-electron chi connectivity index (χ3n) is 15.0. The first kappa shape index (κ1) is 40.8. The molecule has 0 saturated carbocycles. The molecule has 12 aromatic carbocycles. The van der Waals surface area contributed by atoms with Gasteiger partial charge in [-0.25, -0.2) is 0 Å². The topological polar surface area (TPSA) is 6.48 Å². The first-order valence-corrected chi connectivity index (χ1v) is 24.6. The van der Waals surface area contributed by atoms with Crippen LogP contribution in [0.2, 0.25) is 0 Å². The Labute approximate surface area is 414 Å². The lowest BCUT2D eigenvalue weighted by atomic mass is 9.70. The molecule has 0 saturated heterocycles. The summed E-state index contributed by atoms with van der Waals surface area (Å²) in [5.74, 6) is 0. The van der Waals surface area contributed by atoms with E-state index < -0.39 is 5.41 Å². The number of rotatable bonds is 8. The van der Waals surface area contributed by atoms with Crippen LogP contribution in [0.15, 0.2) is 279 Å². The standard InChI is InChI=1S/C69H46N2/c1-4-19-47(20-5-1)49-35-39-55(40-36-49)70(54-26-8-3-9-27-54)67-46-57(43-53-25-12-13-28-58(53)67)71(56-41-37-50(38-42-56)48-21-6-2-7-22-48)66-34-18-33-64-68(66)60-30-15-17-32-63(60)69(64)62-31-16-14-29-59(62)61-44-51-23-10-11-24-52(51)45-65(61)69/h1-46H. The second-order valence-electron chi connectivity index (χ2n) is 18.8. The van der Waals surface area contributed by atoms with E-state index in [1.165, 1.54) is 82.9 Å². The van der Waals surface area contributed by atoms with Crippen LogP contribution in [-0.2, 0) is 5.41 Å². The quantitative estimate of drug-likeness (QED) is 0.150. The van der Waals surface area contributed by atoms with Crippen molar-refractivity contribution in [2.75, 3.05) is 9.80 Å². The highest BCUT2D eigenvalue weighted by Gasteiger charge is 2.52. The summed E-state index contributed by atoms with van der Waals surface area (Å²) in [5.41, 5.74) is 21.2. The summed E-state index contributed by atoms with van der Waals surface area (Å²) < 4.78 is 0. The van der Waals surface area contributed by atoms with E-state index in [1.807, 2.05) is 0 Å². The maximum atomic E-state index is 2.52. The van der Waals surface area contributed by atoms with Crippen molar-refractivity contribution < 1.29 is 0 Å². The number of benzene rings is 12. The molecule has 2 aliphatic rings. The van der Waals surface area contributed by atoms with Crippen LogP contribution >= 0.6 is 0 Å². The van der Waals surface area contributed by atoms with E-state index in [1.54, 1.807) is 0 Å². The summed E-state index contributed by atoms with van der Waals surface area (Å²) in [7, 11) is 0. The fourth-order valence-electron chi connectivity index (χ4n) is 11.9. The van der Waals surface area contributed by atoms with E-state index in [-0.39, 0.29) is 0 Å². The van der Waals surface area contributed by atoms with Crippen LogP contribution in [0.25, 0.3) is 66.1 Å². The smallest absolute Gasteiger partial charge is 0.0726 e. The summed E-state index contributed by atoms with van der Waals surface area (Å²) in [6.45, 7) is 0. The molecular formula is C69H46N2. The Morgan fingerprint density at radius 1 is 0.239 bits per heavy atom. The minimum Gasteiger partial charge on any atom is -0.310 e. The molecule has 0 amide bonds. The van der Waals surface area contributed by atoms with Crippen molar-refractivity contribution in [2.45, 2.75) is 5.41 Å². The molecule has 1 unspecified atom stereocenters. The molecule has 0 heterocycles. The molecule has 2 aliphatic carbocycles. The molecule has 0 fully saturated rings. The number of hydrogen-bond acceptors (Lipinski definition) is 2. The van der Waals surface area contributed by atoms with E-state index in [0.29, 0.717) is 0 Å². The van der Waals surface area contributed by atoms with Gasteiger partial charge in [-0.15, -0.1) is 0 Å². The van der Waals surface area contributed by atoms with Crippen molar-refractivity contribution in [3.05, 3.63) is 301 Å². The lowest BCUT2D eigenvalue weighted by Crippen LogP contribution is -2.26. The Morgan fingerprint density at radius 3 is 1.35 bits per heavy atom. The maximum Gasteiger partial charge on any atom is 0.0726 e. The minimum absolute atomic E-state index is 0.523. The number of hydrogen-bond donors (Lipinski definition) is 0. The Balaban J connectivity index is 1.03. The fourth-order valence-corrected chi connectivity index (χ4v) is 11.9. The molecule has 1 spiro atoms. The van der Waals surface area contributed by atoms with Gasteiger partial charge < -0.3 is 9.80 Å². The highest BCUT2D eigenvalue weighted by molar-refractivity contribution is 6.06. The zero-order valence-corrected chi connectivity index (χ0v) is 39.0. The third-order valence-corrected chi connectivity index (χ3v) is 15.0. The van der Waals surface area contributed by atoms with Crippen molar-refractivity contribution >= 4 is 55.7 Å². The van der Waals surface area contributed by atoms with E-state index in [2.05, 4.69) is 289 Å². The van der Waals surface area contributed by atoms with Crippen LogP contribution in [-0.4, -0.2) is 0 Å². The summed E-state index contributed by atoms with van der Waals surface area (Å²) >= 11 is 0. The summed E-state index contributed by atoms with van der Waals surface area (Å²) in [6, 6.07) is 103. The second-order valence-corrected chi connectivity index (χ2v) is 18.8. The van der Waals surface area contributed by atoms with Gasteiger partial charge in [0.15, 0.2) is 0 Å². The number of para-hydroxylation sites is 1. The van der Waals surface area contributed by atoms with Crippen LogP contribution < -0.4 is 9.80 Å². The third kappa shape index (κ3) is 6.42. The molecule has 1 atom stereocenters. The van der Waals surface area contributed by atoms with Crippen molar-refractivity contribution in [3.63, 3.8) is 0 Å². The molecule has 2 nitrogen and oxygen atoms in total. The van der Waals surface area contributed by atoms with Gasteiger partial charge in [0.1, 0.15) is 0 Å². The molecule has 2 heteroatoms. The van der Waals surface area contributed by atoms with Crippen molar-refractivity contribution in [1.82, 2.24) is 0 Å². The zero-order chi connectivity index (χ0) is 46.9. The van der Waals surface area contributed by atoms with E-state index in [4.69, 9.17) is 0 Å². The van der Waals surface area contributed by atoms with Gasteiger partial charge in [0.25, 0.3) is 0 Å². The SMILES string of the molecule is c1ccc(-c2ccc(N(c3cc(N(c4ccccc4)c4ccc(-c5ccccc5)cc4)c4ccccc4c3)c3cccc4c3-c3ccccc3C43c4ccccc4-c4cc5ccccc5cc43)cc2)cc1. The molecular weight excluding hydrogens is 857 g/mol. The fraction of sp³-hybridized carbons (Fsp3) is 0.0145. The molecule has 14 rings (SSSR count).